The Labute approximate surface area is 153 Å². The molecule has 2 heterocycles. The normalized spacial score (nSPS) is 11.2. The van der Waals surface area contributed by atoms with E-state index in [-0.39, 0.29) is 5.91 Å². The Balaban J connectivity index is 1.61. The van der Waals surface area contributed by atoms with Crippen molar-refractivity contribution in [1.29, 1.82) is 0 Å². The molecule has 0 unspecified atom stereocenters. The van der Waals surface area contributed by atoms with E-state index in [0.717, 1.165) is 17.8 Å². The van der Waals surface area contributed by atoms with Gasteiger partial charge in [-0.1, -0.05) is 24.3 Å². The first-order valence-corrected chi connectivity index (χ1v) is 8.72. The zero-order valence-electron chi connectivity index (χ0n) is 15.1. The van der Waals surface area contributed by atoms with Gasteiger partial charge in [-0.15, -0.1) is 0 Å². The number of nitrogens with one attached hydrogen (secondary N) is 1. The van der Waals surface area contributed by atoms with Crippen LogP contribution < -0.4 is 10.1 Å². The van der Waals surface area contributed by atoms with Crippen LogP contribution in [-0.4, -0.2) is 21.8 Å². The average molecular weight is 349 g/mol. The summed E-state index contributed by atoms with van der Waals surface area (Å²) in [5.41, 5.74) is 3.50. The van der Waals surface area contributed by atoms with Crippen molar-refractivity contribution in [2.24, 2.45) is 0 Å². The van der Waals surface area contributed by atoms with Gasteiger partial charge < -0.3 is 14.5 Å². The zero-order valence-corrected chi connectivity index (χ0v) is 15.1. The summed E-state index contributed by atoms with van der Waals surface area (Å²) in [4.78, 5) is 16.7. The van der Waals surface area contributed by atoms with Crippen molar-refractivity contribution in [2.75, 3.05) is 6.54 Å². The molecule has 3 rings (SSSR count). The van der Waals surface area contributed by atoms with E-state index in [2.05, 4.69) is 10.3 Å². The van der Waals surface area contributed by atoms with Crippen molar-refractivity contribution in [3.05, 3.63) is 77.8 Å². The molecular formula is C21H23N3O2. The molecule has 1 aromatic carbocycles. The van der Waals surface area contributed by atoms with Gasteiger partial charge in [0.25, 0.3) is 5.91 Å². The van der Waals surface area contributed by atoms with Gasteiger partial charge in [-0.3, -0.25) is 4.79 Å². The second-order valence-electron chi connectivity index (χ2n) is 6.13. The van der Waals surface area contributed by atoms with E-state index in [0.29, 0.717) is 24.5 Å². The molecule has 0 aliphatic rings. The summed E-state index contributed by atoms with van der Waals surface area (Å²) >= 11 is 0. The topological polar surface area (TPSA) is 55.6 Å². The SMILES string of the molecule is C/C=C/CCNC(=O)c1cccc(OCc2cn3cc(C)ccc3n2)c1. The van der Waals surface area contributed by atoms with Crippen molar-refractivity contribution in [1.82, 2.24) is 14.7 Å². The van der Waals surface area contributed by atoms with Gasteiger partial charge in [-0.25, -0.2) is 4.98 Å². The number of hydrogen-bond donors (Lipinski definition) is 1. The zero-order chi connectivity index (χ0) is 18.4. The number of rotatable bonds is 7. The Hall–Kier alpha value is -3.08. The van der Waals surface area contributed by atoms with Crippen LogP contribution in [0.4, 0.5) is 0 Å². The number of benzene rings is 1. The van der Waals surface area contributed by atoms with E-state index in [1.807, 2.05) is 67.1 Å². The summed E-state index contributed by atoms with van der Waals surface area (Å²) in [6.07, 6.45) is 8.81. The number of allylic oxidation sites excluding steroid dienone is 1. The molecule has 0 spiro atoms. The van der Waals surface area contributed by atoms with Crippen LogP contribution in [0.2, 0.25) is 0 Å². The third kappa shape index (κ3) is 4.51. The molecule has 0 radical (unpaired) electrons. The van der Waals surface area contributed by atoms with Crippen molar-refractivity contribution in [2.45, 2.75) is 26.9 Å². The molecule has 0 saturated carbocycles. The van der Waals surface area contributed by atoms with Gasteiger partial charge in [-0.2, -0.15) is 0 Å². The maximum Gasteiger partial charge on any atom is 0.251 e. The summed E-state index contributed by atoms with van der Waals surface area (Å²) in [6, 6.07) is 11.2. The maximum atomic E-state index is 12.2. The van der Waals surface area contributed by atoms with E-state index in [1.165, 1.54) is 5.56 Å². The second kappa shape index (κ2) is 8.34. The van der Waals surface area contributed by atoms with Crippen molar-refractivity contribution in [3.8, 4) is 5.75 Å². The Morgan fingerprint density at radius 3 is 3.00 bits per heavy atom. The summed E-state index contributed by atoms with van der Waals surface area (Å²) in [6.45, 7) is 4.99. The van der Waals surface area contributed by atoms with Crippen LogP contribution in [0.5, 0.6) is 5.75 Å². The molecule has 0 atom stereocenters. The van der Waals surface area contributed by atoms with Crippen LogP contribution in [0.3, 0.4) is 0 Å². The highest BCUT2D eigenvalue weighted by Gasteiger charge is 2.07. The van der Waals surface area contributed by atoms with Gasteiger partial charge in [0.2, 0.25) is 0 Å². The Bertz CT molecular complexity index is 928. The maximum absolute atomic E-state index is 12.2. The summed E-state index contributed by atoms with van der Waals surface area (Å²) in [5, 5.41) is 2.90. The fourth-order valence-corrected chi connectivity index (χ4v) is 2.65. The van der Waals surface area contributed by atoms with Gasteiger partial charge in [-0.05, 0) is 50.1 Å². The number of aryl methyl sites for hydroxylation is 1. The third-order valence-corrected chi connectivity index (χ3v) is 3.96. The molecule has 5 nitrogen and oxygen atoms in total. The lowest BCUT2D eigenvalue weighted by Gasteiger charge is -2.07. The molecule has 1 N–H and O–H groups in total. The molecule has 1 amide bonds. The first-order valence-electron chi connectivity index (χ1n) is 8.72. The first kappa shape index (κ1) is 17.7. The van der Waals surface area contributed by atoms with Crippen LogP contribution in [-0.2, 0) is 6.61 Å². The number of nitrogens with zero attached hydrogens (tertiary/aromatic N) is 2. The van der Waals surface area contributed by atoms with Crippen molar-refractivity contribution < 1.29 is 9.53 Å². The van der Waals surface area contributed by atoms with Crippen LogP contribution in [0.15, 0.2) is 60.9 Å². The number of fused-ring (bicyclic) bond motifs is 1. The molecule has 134 valence electrons. The number of aromatic nitrogens is 2. The fraction of sp³-hybridized carbons (Fsp3) is 0.238. The molecule has 0 bridgehead atoms. The summed E-state index contributed by atoms with van der Waals surface area (Å²) in [7, 11) is 0. The van der Waals surface area contributed by atoms with Crippen molar-refractivity contribution >= 4 is 11.6 Å². The molecule has 0 saturated heterocycles. The number of pyridine rings is 1. The monoisotopic (exact) mass is 349 g/mol. The number of ether oxygens (including phenoxy) is 1. The molecule has 0 aliphatic carbocycles. The number of hydrogen-bond acceptors (Lipinski definition) is 3. The highest BCUT2D eigenvalue weighted by Crippen LogP contribution is 2.16. The summed E-state index contributed by atoms with van der Waals surface area (Å²) < 4.78 is 7.81. The highest BCUT2D eigenvalue weighted by atomic mass is 16.5. The number of amides is 1. The van der Waals surface area contributed by atoms with Crippen LogP contribution in [0.25, 0.3) is 5.65 Å². The van der Waals surface area contributed by atoms with Crippen LogP contribution in [0, 0.1) is 6.92 Å². The quantitative estimate of drug-likeness (QED) is 0.520. The smallest absolute Gasteiger partial charge is 0.251 e. The largest absolute Gasteiger partial charge is 0.487 e. The number of carbonyl (C=O) groups is 1. The average Bonchev–Trinajstić information content (AvgIpc) is 3.05. The molecule has 0 aliphatic heterocycles. The Morgan fingerprint density at radius 1 is 1.27 bits per heavy atom. The first-order chi connectivity index (χ1) is 12.7. The van der Waals surface area contributed by atoms with E-state index in [9.17, 15) is 4.79 Å². The molecule has 2 aromatic heterocycles. The van der Waals surface area contributed by atoms with E-state index < -0.39 is 0 Å². The van der Waals surface area contributed by atoms with E-state index in [4.69, 9.17) is 4.74 Å². The summed E-state index contributed by atoms with van der Waals surface area (Å²) in [5.74, 6) is 0.558. The fourth-order valence-electron chi connectivity index (χ4n) is 2.65. The Kier molecular flexibility index (Phi) is 5.69. The predicted molar refractivity (Wildman–Crippen MR) is 102 cm³/mol. The molecule has 3 aromatic rings. The predicted octanol–water partition coefficient (Wildman–Crippen LogP) is 3.92. The van der Waals surface area contributed by atoms with Crippen LogP contribution >= 0.6 is 0 Å². The highest BCUT2D eigenvalue weighted by molar-refractivity contribution is 5.94. The van der Waals surface area contributed by atoms with Gasteiger partial charge in [0.15, 0.2) is 0 Å². The lowest BCUT2D eigenvalue weighted by atomic mass is 10.2. The molecular weight excluding hydrogens is 326 g/mol. The van der Waals surface area contributed by atoms with Gasteiger partial charge in [0.05, 0.1) is 5.69 Å². The van der Waals surface area contributed by atoms with Crippen molar-refractivity contribution in [3.63, 3.8) is 0 Å². The van der Waals surface area contributed by atoms with Crippen LogP contribution in [0.1, 0.15) is 35.0 Å². The lowest BCUT2D eigenvalue weighted by molar-refractivity contribution is 0.0954. The van der Waals surface area contributed by atoms with E-state index in [1.54, 1.807) is 12.1 Å². The van der Waals surface area contributed by atoms with Gasteiger partial charge in [0, 0.05) is 24.5 Å². The molecule has 5 heteroatoms. The number of imidazole rings is 1. The van der Waals surface area contributed by atoms with Gasteiger partial charge >= 0.3 is 0 Å². The Morgan fingerprint density at radius 2 is 2.15 bits per heavy atom. The molecule has 26 heavy (non-hydrogen) atoms. The standard InChI is InChI=1S/C21H23N3O2/c1-3-4-5-11-22-21(25)17-7-6-8-19(12-17)26-15-18-14-24-13-16(2)9-10-20(24)23-18/h3-4,6-10,12-14H,5,11,15H2,1-2H3,(H,22,25)/b4-3+. The number of carbonyl (C=O) groups excluding carboxylic acids is 1. The third-order valence-electron chi connectivity index (χ3n) is 3.96. The minimum absolute atomic E-state index is 0.0943. The minimum Gasteiger partial charge on any atom is -0.487 e. The van der Waals surface area contributed by atoms with Gasteiger partial charge in [0.1, 0.15) is 18.0 Å². The minimum atomic E-state index is -0.0943. The molecule has 0 fully saturated rings. The lowest BCUT2D eigenvalue weighted by Crippen LogP contribution is -2.24. The second-order valence-corrected chi connectivity index (χ2v) is 6.13. The van der Waals surface area contributed by atoms with E-state index >= 15 is 0 Å².